The molecule has 0 atom stereocenters. The molecular weight excluding hydrogens is 288 g/mol. The zero-order valence-corrected chi connectivity index (χ0v) is 13.3. The standard InChI is InChI=1S/C18H20N4O/c1-2-23-16-8-5-14(6-9-16)22-19-17-10-7-15(13-18(17)20-22)21-11-3-4-12-21/h5-10,13H,2-4,11-12H2,1H3. The fourth-order valence-corrected chi connectivity index (χ4v) is 3.03. The maximum Gasteiger partial charge on any atom is 0.119 e. The number of anilines is 1. The molecule has 4 rings (SSSR count). The highest BCUT2D eigenvalue weighted by Crippen LogP contribution is 2.24. The smallest absolute Gasteiger partial charge is 0.119 e. The van der Waals surface area contributed by atoms with Crippen molar-refractivity contribution in [1.82, 2.24) is 15.0 Å². The van der Waals surface area contributed by atoms with Crippen LogP contribution in [-0.2, 0) is 0 Å². The Balaban J connectivity index is 1.65. The third-order valence-corrected chi connectivity index (χ3v) is 4.21. The molecule has 1 saturated heterocycles. The Kier molecular flexibility index (Phi) is 3.61. The summed E-state index contributed by atoms with van der Waals surface area (Å²) in [6.45, 7) is 4.92. The molecule has 5 heteroatoms. The van der Waals surface area contributed by atoms with Crippen molar-refractivity contribution in [3.63, 3.8) is 0 Å². The topological polar surface area (TPSA) is 43.2 Å². The number of fused-ring (bicyclic) bond motifs is 1. The summed E-state index contributed by atoms with van der Waals surface area (Å²) in [5, 5.41) is 9.20. The molecule has 2 heterocycles. The molecule has 0 radical (unpaired) electrons. The average Bonchev–Trinajstić information content (AvgIpc) is 3.24. The van der Waals surface area contributed by atoms with Gasteiger partial charge >= 0.3 is 0 Å². The van der Waals surface area contributed by atoms with E-state index in [0.717, 1.165) is 35.6 Å². The molecule has 0 amide bonds. The lowest BCUT2D eigenvalue weighted by atomic mass is 10.2. The monoisotopic (exact) mass is 308 g/mol. The molecule has 23 heavy (non-hydrogen) atoms. The quantitative estimate of drug-likeness (QED) is 0.741. The Morgan fingerprint density at radius 2 is 1.61 bits per heavy atom. The highest BCUT2D eigenvalue weighted by molar-refractivity contribution is 5.78. The summed E-state index contributed by atoms with van der Waals surface area (Å²) in [5.41, 5.74) is 4.03. The van der Waals surface area contributed by atoms with Crippen LogP contribution in [-0.4, -0.2) is 34.7 Å². The first-order chi connectivity index (χ1) is 11.3. The zero-order chi connectivity index (χ0) is 15.6. The summed E-state index contributed by atoms with van der Waals surface area (Å²) < 4.78 is 5.47. The van der Waals surface area contributed by atoms with E-state index in [1.54, 1.807) is 4.80 Å². The zero-order valence-electron chi connectivity index (χ0n) is 13.3. The van der Waals surface area contributed by atoms with Crippen LogP contribution in [0.3, 0.4) is 0 Å². The Bertz CT molecular complexity index is 804. The number of nitrogens with zero attached hydrogens (tertiary/aromatic N) is 4. The van der Waals surface area contributed by atoms with Gasteiger partial charge in [0.25, 0.3) is 0 Å². The minimum Gasteiger partial charge on any atom is -0.494 e. The van der Waals surface area contributed by atoms with Crippen molar-refractivity contribution in [2.75, 3.05) is 24.6 Å². The normalized spacial score (nSPS) is 14.6. The molecule has 0 bridgehead atoms. The number of hydrogen-bond donors (Lipinski definition) is 0. The Labute approximate surface area is 135 Å². The van der Waals surface area contributed by atoms with E-state index >= 15 is 0 Å². The summed E-state index contributed by atoms with van der Waals surface area (Å²) in [4.78, 5) is 4.10. The molecule has 0 N–H and O–H groups in total. The van der Waals surface area contributed by atoms with Crippen molar-refractivity contribution in [2.45, 2.75) is 19.8 Å². The summed E-state index contributed by atoms with van der Waals surface area (Å²) in [7, 11) is 0. The Morgan fingerprint density at radius 1 is 0.913 bits per heavy atom. The van der Waals surface area contributed by atoms with Gasteiger partial charge in [-0.25, -0.2) is 0 Å². The first-order valence-corrected chi connectivity index (χ1v) is 8.19. The molecule has 0 unspecified atom stereocenters. The molecule has 0 saturated carbocycles. The van der Waals surface area contributed by atoms with Gasteiger partial charge in [-0.05, 0) is 62.2 Å². The summed E-state index contributed by atoms with van der Waals surface area (Å²) >= 11 is 0. The highest BCUT2D eigenvalue weighted by atomic mass is 16.5. The molecule has 0 aliphatic carbocycles. The summed E-state index contributed by atoms with van der Waals surface area (Å²) in [6.07, 6.45) is 2.55. The van der Waals surface area contributed by atoms with E-state index in [9.17, 15) is 0 Å². The predicted octanol–water partition coefficient (Wildman–Crippen LogP) is 3.42. The third kappa shape index (κ3) is 2.74. The molecule has 118 valence electrons. The van der Waals surface area contributed by atoms with Gasteiger partial charge in [0.05, 0.1) is 12.3 Å². The van der Waals surface area contributed by atoms with Gasteiger partial charge in [0.1, 0.15) is 16.8 Å². The van der Waals surface area contributed by atoms with Crippen LogP contribution in [0, 0.1) is 0 Å². The lowest BCUT2D eigenvalue weighted by Gasteiger charge is -2.16. The average molecular weight is 308 g/mol. The molecule has 1 aromatic heterocycles. The van der Waals surface area contributed by atoms with Gasteiger partial charge in [-0.2, -0.15) is 4.80 Å². The van der Waals surface area contributed by atoms with Crippen LogP contribution in [0.1, 0.15) is 19.8 Å². The van der Waals surface area contributed by atoms with E-state index in [2.05, 4.69) is 33.3 Å². The molecule has 2 aromatic carbocycles. The minimum atomic E-state index is 0.669. The second-order valence-corrected chi connectivity index (χ2v) is 5.78. The number of rotatable bonds is 4. The van der Waals surface area contributed by atoms with E-state index in [1.807, 2.05) is 31.2 Å². The van der Waals surface area contributed by atoms with Gasteiger partial charge in [0.2, 0.25) is 0 Å². The second-order valence-electron chi connectivity index (χ2n) is 5.78. The van der Waals surface area contributed by atoms with Crippen molar-refractivity contribution in [2.24, 2.45) is 0 Å². The van der Waals surface area contributed by atoms with E-state index in [-0.39, 0.29) is 0 Å². The van der Waals surface area contributed by atoms with Gasteiger partial charge in [-0.1, -0.05) is 0 Å². The largest absolute Gasteiger partial charge is 0.494 e. The van der Waals surface area contributed by atoms with E-state index in [1.165, 1.54) is 18.5 Å². The SMILES string of the molecule is CCOc1ccc(-n2nc3ccc(N4CCCC4)cc3n2)cc1. The Hall–Kier alpha value is -2.56. The first-order valence-electron chi connectivity index (χ1n) is 8.19. The molecule has 1 fully saturated rings. The van der Waals surface area contributed by atoms with Crippen molar-refractivity contribution >= 4 is 16.7 Å². The van der Waals surface area contributed by atoms with Crippen molar-refractivity contribution in [3.05, 3.63) is 42.5 Å². The minimum absolute atomic E-state index is 0.669. The van der Waals surface area contributed by atoms with Crippen LogP contribution >= 0.6 is 0 Å². The van der Waals surface area contributed by atoms with Crippen molar-refractivity contribution < 1.29 is 4.74 Å². The molecular formula is C18H20N4O. The summed E-state index contributed by atoms with van der Waals surface area (Å²) in [6, 6.07) is 14.2. The third-order valence-electron chi connectivity index (χ3n) is 4.21. The Morgan fingerprint density at radius 3 is 2.35 bits per heavy atom. The van der Waals surface area contributed by atoms with E-state index < -0.39 is 0 Å². The lowest BCUT2D eigenvalue weighted by Crippen LogP contribution is -2.17. The predicted molar refractivity (Wildman–Crippen MR) is 91.5 cm³/mol. The first kappa shape index (κ1) is 14.1. The van der Waals surface area contributed by atoms with Crippen LogP contribution in [0.5, 0.6) is 5.75 Å². The fourth-order valence-electron chi connectivity index (χ4n) is 3.03. The molecule has 5 nitrogen and oxygen atoms in total. The van der Waals surface area contributed by atoms with Crippen LogP contribution in [0.4, 0.5) is 5.69 Å². The van der Waals surface area contributed by atoms with E-state index in [0.29, 0.717) is 6.61 Å². The van der Waals surface area contributed by atoms with Crippen molar-refractivity contribution in [1.29, 1.82) is 0 Å². The van der Waals surface area contributed by atoms with Crippen LogP contribution in [0.15, 0.2) is 42.5 Å². The number of aromatic nitrogens is 3. The highest BCUT2D eigenvalue weighted by Gasteiger charge is 2.14. The second kappa shape index (κ2) is 5.91. The van der Waals surface area contributed by atoms with Gasteiger partial charge in [0, 0.05) is 18.8 Å². The van der Waals surface area contributed by atoms with Gasteiger partial charge in [-0.15, -0.1) is 10.2 Å². The van der Waals surface area contributed by atoms with Crippen molar-refractivity contribution in [3.8, 4) is 11.4 Å². The number of benzene rings is 2. The summed E-state index contributed by atoms with van der Waals surface area (Å²) in [5.74, 6) is 0.865. The van der Waals surface area contributed by atoms with Gasteiger partial charge < -0.3 is 9.64 Å². The van der Waals surface area contributed by atoms with Gasteiger partial charge in [-0.3, -0.25) is 0 Å². The van der Waals surface area contributed by atoms with Crippen LogP contribution in [0.25, 0.3) is 16.7 Å². The number of ether oxygens (including phenoxy) is 1. The molecule has 0 spiro atoms. The molecule has 3 aromatic rings. The molecule has 1 aliphatic heterocycles. The van der Waals surface area contributed by atoms with Crippen LogP contribution < -0.4 is 9.64 Å². The van der Waals surface area contributed by atoms with Crippen LogP contribution in [0.2, 0.25) is 0 Å². The fraction of sp³-hybridized carbons (Fsp3) is 0.333. The van der Waals surface area contributed by atoms with Gasteiger partial charge in [0.15, 0.2) is 0 Å². The maximum atomic E-state index is 5.47. The number of hydrogen-bond acceptors (Lipinski definition) is 4. The maximum absolute atomic E-state index is 5.47. The lowest BCUT2D eigenvalue weighted by molar-refractivity contribution is 0.340. The molecule has 1 aliphatic rings. The van der Waals surface area contributed by atoms with E-state index in [4.69, 9.17) is 4.74 Å².